The van der Waals surface area contributed by atoms with Gasteiger partial charge in [-0.05, 0) is 33.1 Å². The summed E-state index contributed by atoms with van der Waals surface area (Å²) in [5, 5.41) is 7.69. The van der Waals surface area contributed by atoms with Gasteiger partial charge in [0.05, 0.1) is 36.2 Å². The van der Waals surface area contributed by atoms with E-state index in [1.165, 1.54) is 4.68 Å². The van der Waals surface area contributed by atoms with E-state index in [-0.39, 0.29) is 28.8 Å². The van der Waals surface area contributed by atoms with Crippen LogP contribution in [0.1, 0.15) is 39.2 Å². The number of nitrogens with zero attached hydrogens (tertiary/aromatic N) is 2. The van der Waals surface area contributed by atoms with Gasteiger partial charge in [0, 0.05) is 0 Å². The van der Waals surface area contributed by atoms with Gasteiger partial charge < -0.3 is 10.1 Å². The van der Waals surface area contributed by atoms with Gasteiger partial charge in [0.2, 0.25) is 0 Å². The van der Waals surface area contributed by atoms with E-state index in [1.54, 1.807) is 6.20 Å². The van der Waals surface area contributed by atoms with Gasteiger partial charge in [0.1, 0.15) is 5.02 Å². The lowest BCUT2D eigenvalue weighted by atomic mass is 9.95. The van der Waals surface area contributed by atoms with Crippen molar-refractivity contribution in [2.75, 3.05) is 5.32 Å². The van der Waals surface area contributed by atoms with E-state index in [4.69, 9.17) is 16.3 Å². The van der Waals surface area contributed by atoms with Gasteiger partial charge in [-0.1, -0.05) is 11.6 Å². The van der Waals surface area contributed by atoms with E-state index in [0.717, 1.165) is 19.3 Å². The Morgan fingerprint density at radius 1 is 1.53 bits per heavy atom. The van der Waals surface area contributed by atoms with Crippen LogP contribution in [0.4, 0.5) is 5.69 Å². The molecule has 1 aromatic heterocycles. The van der Waals surface area contributed by atoms with Crippen LogP contribution in [-0.4, -0.2) is 28.0 Å². The molecule has 0 amide bonds. The predicted molar refractivity (Wildman–Crippen MR) is 73.8 cm³/mol. The molecule has 2 fully saturated rings. The molecule has 2 saturated heterocycles. The molecule has 3 rings (SSSR count). The SMILES string of the molecule is CC(C)n1ncc(NC2CC3CCC2O3)c(Cl)c1=O. The second-order valence-corrected chi connectivity index (χ2v) is 5.95. The zero-order valence-electron chi connectivity index (χ0n) is 11.1. The molecule has 3 atom stereocenters. The molecule has 2 aliphatic heterocycles. The first-order valence-corrected chi connectivity index (χ1v) is 7.13. The summed E-state index contributed by atoms with van der Waals surface area (Å²) in [6.07, 6.45) is 5.45. The van der Waals surface area contributed by atoms with Crippen molar-refractivity contribution in [1.82, 2.24) is 9.78 Å². The van der Waals surface area contributed by atoms with Crippen LogP contribution in [0.2, 0.25) is 5.02 Å². The zero-order chi connectivity index (χ0) is 13.6. The molecule has 0 aromatic carbocycles. The molecule has 0 spiro atoms. The number of halogens is 1. The Kier molecular flexibility index (Phi) is 3.27. The fourth-order valence-electron chi connectivity index (χ4n) is 2.90. The highest BCUT2D eigenvalue weighted by atomic mass is 35.5. The van der Waals surface area contributed by atoms with Crippen molar-refractivity contribution in [3.8, 4) is 0 Å². The molecule has 1 N–H and O–H groups in total. The molecule has 19 heavy (non-hydrogen) atoms. The van der Waals surface area contributed by atoms with Crippen LogP contribution in [0.3, 0.4) is 0 Å². The molecule has 3 heterocycles. The summed E-state index contributed by atoms with van der Waals surface area (Å²) in [7, 11) is 0. The second-order valence-electron chi connectivity index (χ2n) is 5.58. The molecule has 104 valence electrons. The van der Waals surface area contributed by atoms with Crippen LogP contribution in [0.15, 0.2) is 11.0 Å². The van der Waals surface area contributed by atoms with E-state index in [9.17, 15) is 4.79 Å². The van der Waals surface area contributed by atoms with Gasteiger partial charge in [-0.15, -0.1) is 0 Å². The highest BCUT2D eigenvalue weighted by Gasteiger charge is 2.40. The van der Waals surface area contributed by atoms with Crippen LogP contribution in [0.5, 0.6) is 0 Å². The fraction of sp³-hybridized carbons (Fsp3) is 0.692. The van der Waals surface area contributed by atoms with Crippen LogP contribution < -0.4 is 10.9 Å². The summed E-state index contributed by atoms with van der Waals surface area (Å²) in [6.45, 7) is 3.81. The number of hydrogen-bond acceptors (Lipinski definition) is 4. The number of rotatable bonds is 3. The molecule has 5 nitrogen and oxygen atoms in total. The lowest BCUT2D eigenvalue weighted by Gasteiger charge is -2.22. The van der Waals surface area contributed by atoms with E-state index < -0.39 is 0 Å². The van der Waals surface area contributed by atoms with E-state index in [2.05, 4.69) is 10.4 Å². The molecule has 6 heteroatoms. The van der Waals surface area contributed by atoms with Crippen molar-refractivity contribution in [2.45, 2.75) is 57.4 Å². The minimum absolute atomic E-state index is 0.00452. The first-order chi connectivity index (χ1) is 9.06. The van der Waals surface area contributed by atoms with Crippen LogP contribution >= 0.6 is 11.6 Å². The maximum atomic E-state index is 12.1. The zero-order valence-corrected chi connectivity index (χ0v) is 11.9. The molecule has 2 aliphatic rings. The Hall–Kier alpha value is -1.07. The summed E-state index contributed by atoms with van der Waals surface area (Å²) in [6, 6.07) is 0.247. The smallest absolute Gasteiger partial charge is 0.287 e. The van der Waals surface area contributed by atoms with Crippen LogP contribution in [0, 0.1) is 0 Å². The van der Waals surface area contributed by atoms with E-state index >= 15 is 0 Å². The lowest BCUT2D eigenvalue weighted by molar-refractivity contribution is 0.102. The third-order valence-corrected chi connectivity index (χ3v) is 4.24. The van der Waals surface area contributed by atoms with Crippen molar-refractivity contribution in [3.63, 3.8) is 0 Å². The van der Waals surface area contributed by atoms with Crippen molar-refractivity contribution in [3.05, 3.63) is 21.6 Å². The van der Waals surface area contributed by atoms with Crippen molar-refractivity contribution in [2.24, 2.45) is 0 Å². The summed E-state index contributed by atoms with van der Waals surface area (Å²) in [4.78, 5) is 12.1. The average Bonchev–Trinajstić information content (AvgIpc) is 2.97. The monoisotopic (exact) mass is 283 g/mol. The van der Waals surface area contributed by atoms with Crippen molar-refractivity contribution in [1.29, 1.82) is 0 Å². The van der Waals surface area contributed by atoms with Gasteiger partial charge in [-0.3, -0.25) is 4.79 Å². The van der Waals surface area contributed by atoms with E-state index in [0.29, 0.717) is 11.8 Å². The summed E-state index contributed by atoms with van der Waals surface area (Å²) in [5.41, 5.74) is 0.371. The largest absolute Gasteiger partial charge is 0.377 e. The lowest BCUT2D eigenvalue weighted by Crippen LogP contribution is -2.32. The molecule has 0 saturated carbocycles. The topological polar surface area (TPSA) is 56.1 Å². The Morgan fingerprint density at radius 3 is 2.89 bits per heavy atom. The number of fused-ring (bicyclic) bond motifs is 2. The fourth-order valence-corrected chi connectivity index (χ4v) is 3.09. The standard InChI is InChI=1S/C13H18ClN3O2/c1-7(2)17-13(18)12(14)10(6-15-17)16-9-5-8-3-4-11(9)19-8/h6-9,11,16H,3-5H2,1-2H3. The molecular formula is C13H18ClN3O2. The average molecular weight is 284 g/mol. The Balaban J connectivity index is 1.82. The molecule has 2 bridgehead atoms. The highest BCUT2D eigenvalue weighted by Crippen LogP contribution is 2.36. The van der Waals surface area contributed by atoms with Crippen LogP contribution in [-0.2, 0) is 4.74 Å². The Labute approximate surface area is 116 Å². The summed E-state index contributed by atoms with van der Waals surface area (Å²) in [5.74, 6) is 0. The van der Waals surface area contributed by atoms with Crippen molar-refractivity contribution >= 4 is 17.3 Å². The minimum atomic E-state index is -0.245. The number of aromatic nitrogens is 2. The quantitative estimate of drug-likeness (QED) is 0.924. The van der Waals surface area contributed by atoms with Gasteiger partial charge >= 0.3 is 0 Å². The number of nitrogens with one attached hydrogen (secondary N) is 1. The first-order valence-electron chi connectivity index (χ1n) is 6.75. The third kappa shape index (κ3) is 2.25. The highest BCUT2D eigenvalue weighted by molar-refractivity contribution is 6.32. The third-order valence-electron chi connectivity index (χ3n) is 3.88. The molecule has 1 aromatic rings. The number of anilines is 1. The van der Waals surface area contributed by atoms with Gasteiger partial charge in [-0.2, -0.15) is 5.10 Å². The van der Waals surface area contributed by atoms with Gasteiger partial charge in [0.25, 0.3) is 5.56 Å². The number of ether oxygens (including phenoxy) is 1. The predicted octanol–water partition coefficient (Wildman–Crippen LogP) is 2.21. The maximum absolute atomic E-state index is 12.1. The summed E-state index contributed by atoms with van der Waals surface area (Å²) >= 11 is 6.15. The maximum Gasteiger partial charge on any atom is 0.287 e. The molecule has 3 unspecified atom stereocenters. The summed E-state index contributed by atoms with van der Waals surface area (Å²) < 4.78 is 7.17. The molecular weight excluding hydrogens is 266 g/mol. The number of hydrogen-bond donors (Lipinski definition) is 1. The molecule has 0 radical (unpaired) electrons. The first kappa shape index (κ1) is 12.9. The van der Waals surface area contributed by atoms with Crippen molar-refractivity contribution < 1.29 is 4.74 Å². The van der Waals surface area contributed by atoms with E-state index in [1.807, 2.05) is 13.8 Å². The van der Waals surface area contributed by atoms with Gasteiger partial charge in [-0.25, -0.2) is 4.68 Å². The van der Waals surface area contributed by atoms with Crippen LogP contribution in [0.25, 0.3) is 0 Å². The Bertz CT molecular complexity index is 543. The normalized spacial score (nSPS) is 29.2. The van der Waals surface area contributed by atoms with Gasteiger partial charge in [0.15, 0.2) is 0 Å². The second kappa shape index (κ2) is 4.80. The Morgan fingerprint density at radius 2 is 2.32 bits per heavy atom. The minimum Gasteiger partial charge on any atom is -0.377 e. The molecule has 0 aliphatic carbocycles.